The number of aromatic nitrogens is 1. The molecule has 0 spiro atoms. The van der Waals surface area contributed by atoms with Crippen molar-refractivity contribution in [3.63, 3.8) is 0 Å². The van der Waals surface area contributed by atoms with Crippen LogP contribution in [-0.2, 0) is 4.79 Å². The molecule has 0 aromatic carbocycles. The van der Waals surface area contributed by atoms with Gasteiger partial charge in [0.15, 0.2) is 5.13 Å². The van der Waals surface area contributed by atoms with E-state index >= 15 is 0 Å². The third-order valence-electron chi connectivity index (χ3n) is 3.50. The Labute approximate surface area is 111 Å². The number of hydrogen-bond donors (Lipinski definition) is 2. The normalized spacial score (nSPS) is 24.2. The number of hydrogen-bond acceptors (Lipinski definition) is 4. The van der Waals surface area contributed by atoms with Crippen LogP contribution in [0.5, 0.6) is 0 Å². The molecule has 1 saturated carbocycles. The number of anilines is 1. The standard InChI is InChI=1S/C13H20N2O2S/c1-8(2)11-7-14-13(18-11)15-10-5-3-9(4-6-10)12(16)17/h7-10H,3-6H2,1-2H3,(H,14,15)(H,16,17). The first-order valence-electron chi connectivity index (χ1n) is 6.51. The van der Waals surface area contributed by atoms with Crippen LogP contribution in [0.2, 0.25) is 0 Å². The maximum Gasteiger partial charge on any atom is 0.306 e. The molecule has 1 aliphatic carbocycles. The molecule has 100 valence electrons. The third-order valence-corrected chi connectivity index (χ3v) is 4.73. The van der Waals surface area contributed by atoms with E-state index < -0.39 is 5.97 Å². The van der Waals surface area contributed by atoms with Crippen LogP contribution in [0.15, 0.2) is 6.20 Å². The van der Waals surface area contributed by atoms with Crippen LogP contribution >= 0.6 is 11.3 Å². The van der Waals surface area contributed by atoms with Crippen molar-refractivity contribution in [1.82, 2.24) is 4.98 Å². The van der Waals surface area contributed by atoms with Crippen molar-refractivity contribution in [2.45, 2.75) is 51.5 Å². The van der Waals surface area contributed by atoms with Gasteiger partial charge in [0.05, 0.1) is 5.92 Å². The molecule has 0 amide bonds. The minimum atomic E-state index is -0.648. The lowest BCUT2D eigenvalue weighted by molar-refractivity contribution is -0.142. The number of thiazole rings is 1. The first kappa shape index (κ1) is 13.3. The number of carboxylic acid groups (broad SMARTS) is 1. The van der Waals surface area contributed by atoms with Gasteiger partial charge in [0, 0.05) is 17.1 Å². The third kappa shape index (κ3) is 3.22. The van der Waals surface area contributed by atoms with Crippen LogP contribution in [0.3, 0.4) is 0 Å². The van der Waals surface area contributed by atoms with Crippen LogP contribution in [0, 0.1) is 5.92 Å². The van der Waals surface area contributed by atoms with E-state index in [9.17, 15) is 4.79 Å². The van der Waals surface area contributed by atoms with Crippen molar-refractivity contribution in [2.24, 2.45) is 5.92 Å². The Morgan fingerprint density at radius 3 is 2.61 bits per heavy atom. The summed E-state index contributed by atoms with van der Waals surface area (Å²) in [6.45, 7) is 4.32. The molecule has 5 heteroatoms. The van der Waals surface area contributed by atoms with E-state index in [0.717, 1.165) is 30.8 Å². The van der Waals surface area contributed by atoms with E-state index in [4.69, 9.17) is 5.11 Å². The van der Waals surface area contributed by atoms with Crippen LogP contribution in [0.25, 0.3) is 0 Å². The Morgan fingerprint density at radius 2 is 2.11 bits per heavy atom. The Morgan fingerprint density at radius 1 is 1.44 bits per heavy atom. The van der Waals surface area contributed by atoms with E-state index in [1.807, 2.05) is 6.20 Å². The van der Waals surface area contributed by atoms with E-state index in [1.165, 1.54) is 4.88 Å². The second kappa shape index (κ2) is 5.69. The molecule has 0 radical (unpaired) electrons. The van der Waals surface area contributed by atoms with E-state index in [-0.39, 0.29) is 5.92 Å². The molecule has 2 rings (SSSR count). The van der Waals surface area contributed by atoms with Gasteiger partial charge in [0.25, 0.3) is 0 Å². The molecular weight excluding hydrogens is 248 g/mol. The number of rotatable bonds is 4. The van der Waals surface area contributed by atoms with E-state index in [0.29, 0.717) is 12.0 Å². The zero-order chi connectivity index (χ0) is 13.1. The van der Waals surface area contributed by atoms with Crippen LogP contribution in [-0.4, -0.2) is 22.1 Å². The lowest BCUT2D eigenvalue weighted by Gasteiger charge is -2.26. The highest BCUT2D eigenvalue weighted by molar-refractivity contribution is 7.15. The van der Waals surface area contributed by atoms with Crippen molar-refractivity contribution in [3.8, 4) is 0 Å². The van der Waals surface area contributed by atoms with Gasteiger partial charge in [0.1, 0.15) is 0 Å². The minimum absolute atomic E-state index is 0.148. The zero-order valence-corrected chi connectivity index (χ0v) is 11.7. The Balaban J connectivity index is 1.85. The summed E-state index contributed by atoms with van der Waals surface area (Å²) in [5.41, 5.74) is 0. The molecule has 4 nitrogen and oxygen atoms in total. The predicted octanol–water partition coefficient (Wildman–Crippen LogP) is 3.32. The molecule has 0 aliphatic heterocycles. The molecule has 0 unspecified atom stereocenters. The summed E-state index contributed by atoms with van der Waals surface area (Å²) in [5, 5.41) is 13.3. The van der Waals surface area contributed by atoms with Crippen molar-refractivity contribution in [3.05, 3.63) is 11.1 Å². The second-order valence-corrected chi connectivity index (χ2v) is 6.32. The molecule has 0 saturated heterocycles. The topological polar surface area (TPSA) is 62.2 Å². The molecule has 1 aromatic heterocycles. The van der Waals surface area contributed by atoms with Crippen molar-refractivity contribution < 1.29 is 9.90 Å². The van der Waals surface area contributed by atoms with Gasteiger partial charge < -0.3 is 10.4 Å². The number of carboxylic acids is 1. The predicted molar refractivity (Wildman–Crippen MR) is 73.2 cm³/mol. The minimum Gasteiger partial charge on any atom is -0.481 e. The summed E-state index contributed by atoms with van der Waals surface area (Å²) >= 11 is 1.70. The summed E-state index contributed by atoms with van der Waals surface area (Å²) in [7, 11) is 0. The van der Waals surface area contributed by atoms with E-state index in [1.54, 1.807) is 11.3 Å². The van der Waals surface area contributed by atoms with Crippen molar-refractivity contribution in [1.29, 1.82) is 0 Å². The Bertz CT molecular complexity index is 409. The summed E-state index contributed by atoms with van der Waals surface area (Å²) in [6, 6.07) is 0.381. The fraction of sp³-hybridized carbons (Fsp3) is 0.692. The molecule has 0 atom stereocenters. The van der Waals surface area contributed by atoms with Gasteiger partial charge in [0.2, 0.25) is 0 Å². The van der Waals surface area contributed by atoms with Gasteiger partial charge in [-0.25, -0.2) is 4.98 Å². The highest BCUT2D eigenvalue weighted by Gasteiger charge is 2.26. The van der Waals surface area contributed by atoms with Crippen molar-refractivity contribution in [2.75, 3.05) is 5.32 Å². The first-order chi connectivity index (χ1) is 8.56. The van der Waals surface area contributed by atoms with Crippen LogP contribution in [0.4, 0.5) is 5.13 Å². The largest absolute Gasteiger partial charge is 0.481 e. The summed E-state index contributed by atoms with van der Waals surface area (Å²) < 4.78 is 0. The highest BCUT2D eigenvalue weighted by atomic mass is 32.1. The average molecular weight is 268 g/mol. The first-order valence-corrected chi connectivity index (χ1v) is 7.33. The molecule has 18 heavy (non-hydrogen) atoms. The summed E-state index contributed by atoms with van der Waals surface area (Å²) in [6.07, 6.45) is 5.33. The van der Waals surface area contributed by atoms with Gasteiger partial charge >= 0.3 is 5.97 Å². The Kier molecular flexibility index (Phi) is 4.22. The van der Waals surface area contributed by atoms with Crippen LogP contribution in [0.1, 0.15) is 50.3 Å². The van der Waals surface area contributed by atoms with Gasteiger partial charge in [-0.2, -0.15) is 0 Å². The molecule has 1 fully saturated rings. The zero-order valence-electron chi connectivity index (χ0n) is 10.8. The quantitative estimate of drug-likeness (QED) is 0.879. The van der Waals surface area contributed by atoms with Crippen LogP contribution < -0.4 is 5.32 Å². The number of nitrogens with one attached hydrogen (secondary N) is 1. The monoisotopic (exact) mass is 268 g/mol. The lowest BCUT2D eigenvalue weighted by atomic mass is 9.86. The Hall–Kier alpha value is -1.10. The van der Waals surface area contributed by atoms with Crippen molar-refractivity contribution >= 4 is 22.4 Å². The fourth-order valence-corrected chi connectivity index (χ4v) is 3.17. The molecule has 1 heterocycles. The maximum atomic E-state index is 10.9. The lowest BCUT2D eigenvalue weighted by Crippen LogP contribution is -2.29. The van der Waals surface area contributed by atoms with E-state index in [2.05, 4.69) is 24.1 Å². The molecular formula is C13H20N2O2S. The molecule has 0 bridgehead atoms. The SMILES string of the molecule is CC(C)c1cnc(NC2CCC(C(=O)O)CC2)s1. The van der Waals surface area contributed by atoms with Gasteiger partial charge in [-0.3, -0.25) is 4.79 Å². The summed E-state index contributed by atoms with van der Waals surface area (Å²) in [4.78, 5) is 16.5. The molecule has 1 aliphatic rings. The number of carbonyl (C=O) groups is 1. The molecule has 1 aromatic rings. The van der Waals surface area contributed by atoms with Gasteiger partial charge in [-0.15, -0.1) is 11.3 Å². The smallest absolute Gasteiger partial charge is 0.306 e. The van der Waals surface area contributed by atoms with Gasteiger partial charge in [-0.1, -0.05) is 13.8 Å². The summed E-state index contributed by atoms with van der Waals surface area (Å²) in [5.74, 6) is -0.281. The second-order valence-electron chi connectivity index (χ2n) is 5.25. The number of aliphatic carboxylic acids is 1. The maximum absolute atomic E-state index is 10.9. The van der Waals surface area contributed by atoms with Gasteiger partial charge in [-0.05, 0) is 31.6 Å². The highest BCUT2D eigenvalue weighted by Crippen LogP contribution is 2.30. The average Bonchev–Trinajstić information content (AvgIpc) is 2.78. The molecule has 2 N–H and O–H groups in total. The number of nitrogens with zero attached hydrogens (tertiary/aromatic N) is 1. The fourth-order valence-electron chi connectivity index (χ4n) is 2.28.